The molecule has 0 bridgehead atoms. The molecule has 1 aromatic rings. The molecule has 118 valence electrons. The van der Waals surface area contributed by atoms with Gasteiger partial charge in [-0.25, -0.2) is 8.42 Å². The average Bonchev–Trinajstić information content (AvgIpc) is 2.39. The summed E-state index contributed by atoms with van der Waals surface area (Å²) >= 11 is 3.31. The van der Waals surface area contributed by atoms with E-state index in [1.165, 1.54) is 4.31 Å². The first kappa shape index (κ1) is 18.0. The van der Waals surface area contributed by atoms with Crippen molar-refractivity contribution in [3.8, 4) is 0 Å². The summed E-state index contributed by atoms with van der Waals surface area (Å²) in [5.74, 6) is -0.143. The van der Waals surface area contributed by atoms with E-state index in [1.54, 1.807) is 24.3 Å². The van der Waals surface area contributed by atoms with Crippen molar-refractivity contribution < 1.29 is 13.2 Å². The molecule has 1 aromatic carbocycles. The van der Waals surface area contributed by atoms with E-state index in [-0.39, 0.29) is 24.9 Å². The van der Waals surface area contributed by atoms with Crippen LogP contribution in [0.3, 0.4) is 0 Å². The summed E-state index contributed by atoms with van der Waals surface area (Å²) < 4.78 is 25.9. The van der Waals surface area contributed by atoms with Crippen molar-refractivity contribution >= 4 is 37.5 Å². The van der Waals surface area contributed by atoms with Gasteiger partial charge in [0.2, 0.25) is 15.9 Å². The van der Waals surface area contributed by atoms with Crippen LogP contribution in [0.4, 0.5) is 5.69 Å². The fourth-order valence-electron chi connectivity index (χ4n) is 1.75. The van der Waals surface area contributed by atoms with Gasteiger partial charge in [-0.1, -0.05) is 22.9 Å². The van der Waals surface area contributed by atoms with Crippen LogP contribution >= 0.6 is 15.9 Å². The molecule has 5 nitrogen and oxygen atoms in total. The summed E-state index contributed by atoms with van der Waals surface area (Å²) in [5.41, 5.74) is 0.553. The van der Waals surface area contributed by atoms with Crippen LogP contribution in [0.25, 0.3) is 0 Å². The van der Waals surface area contributed by atoms with Gasteiger partial charge in [-0.2, -0.15) is 0 Å². The number of carbonyl (C=O) groups excluding carboxylic acids is 1. The number of nitrogens with zero attached hydrogens (tertiary/aromatic N) is 1. The van der Waals surface area contributed by atoms with E-state index < -0.39 is 10.0 Å². The Hall–Kier alpha value is -1.08. The van der Waals surface area contributed by atoms with Crippen molar-refractivity contribution in [3.05, 3.63) is 28.7 Å². The monoisotopic (exact) mass is 376 g/mol. The number of benzene rings is 1. The predicted molar refractivity (Wildman–Crippen MR) is 88.8 cm³/mol. The molecule has 0 aliphatic heterocycles. The molecule has 0 radical (unpaired) electrons. The van der Waals surface area contributed by atoms with E-state index in [0.29, 0.717) is 5.69 Å². The van der Waals surface area contributed by atoms with Crippen molar-refractivity contribution in [1.82, 2.24) is 5.32 Å². The Morgan fingerprint density at radius 1 is 1.33 bits per heavy atom. The third-order valence-corrected chi connectivity index (χ3v) is 4.80. The van der Waals surface area contributed by atoms with Crippen LogP contribution in [0.5, 0.6) is 0 Å². The van der Waals surface area contributed by atoms with E-state index in [1.807, 2.05) is 13.8 Å². The van der Waals surface area contributed by atoms with Crippen LogP contribution in [0, 0.1) is 0 Å². The average molecular weight is 377 g/mol. The number of amides is 1. The summed E-state index contributed by atoms with van der Waals surface area (Å²) in [5, 5.41) is 2.83. The van der Waals surface area contributed by atoms with Crippen molar-refractivity contribution in [2.24, 2.45) is 0 Å². The van der Waals surface area contributed by atoms with Gasteiger partial charge in [0.25, 0.3) is 0 Å². The Bertz CT molecular complexity index is 572. The second-order valence-electron chi connectivity index (χ2n) is 4.94. The number of hydrogen-bond acceptors (Lipinski definition) is 3. The number of nitrogens with one attached hydrogen (secondary N) is 1. The highest BCUT2D eigenvalue weighted by Gasteiger charge is 2.18. The minimum atomic E-state index is -3.42. The van der Waals surface area contributed by atoms with E-state index >= 15 is 0 Å². The Kier molecular flexibility index (Phi) is 6.67. The van der Waals surface area contributed by atoms with Crippen LogP contribution in [-0.2, 0) is 14.8 Å². The van der Waals surface area contributed by atoms with Crippen LogP contribution in [0.15, 0.2) is 28.7 Å². The van der Waals surface area contributed by atoms with Crippen LogP contribution < -0.4 is 9.62 Å². The summed E-state index contributed by atoms with van der Waals surface area (Å²) in [6.45, 7) is 4.03. The number of sulfonamides is 1. The molecule has 0 saturated carbocycles. The lowest BCUT2D eigenvalue weighted by molar-refractivity contribution is -0.121. The first-order valence-corrected chi connectivity index (χ1v) is 9.40. The zero-order chi connectivity index (χ0) is 16.0. The molecule has 0 saturated heterocycles. The molecular formula is C14H21BrN2O3S. The number of rotatable bonds is 7. The molecule has 0 aliphatic carbocycles. The third kappa shape index (κ3) is 6.05. The molecular weight excluding hydrogens is 356 g/mol. The van der Waals surface area contributed by atoms with E-state index in [9.17, 15) is 13.2 Å². The quantitative estimate of drug-likeness (QED) is 0.794. The smallest absolute Gasteiger partial charge is 0.232 e. The highest BCUT2D eigenvalue weighted by molar-refractivity contribution is 9.10. The fraction of sp³-hybridized carbons (Fsp3) is 0.500. The lowest BCUT2D eigenvalue weighted by Gasteiger charge is -2.22. The first-order valence-electron chi connectivity index (χ1n) is 6.76. The molecule has 1 rings (SSSR count). The summed E-state index contributed by atoms with van der Waals surface area (Å²) in [6.07, 6.45) is 2.11. The van der Waals surface area contributed by atoms with E-state index in [0.717, 1.165) is 17.1 Å². The maximum Gasteiger partial charge on any atom is 0.232 e. The number of hydrogen-bond donors (Lipinski definition) is 1. The number of anilines is 1. The van der Waals surface area contributed by atoms with E-state index in [2.05, 4.69) is 21.2 Å². The highest BCUT2D eigenvalue weighted by atomic mass is 79.9. The van der Waals surface area contributed by atoms with Crippen LogP contribution in [0.1, 0.15) is 26.7 Å². The summed E-state index contributed by atoms with van der Waals surface area (Å²) in [7, 11) is -3.42. The van der Waals surface area contributed by atoms with E-state index in [4.69, 9.17) is 0 Å². The molecule has 0 spiro atoms. The van der Waals surface area contributed by atoms with Gasteiger partial charge < -0.3 is 5.32 Å². The van der Waals surface area contributed by atoms with Crippen LogP contribution in [0.2, 0.25) is 0 Å². The Morgan fingerprint density at radius 3 is 2.38 bits per heavy atom. The minimum absolute atomic E-state index is 0.0943. The summed E-state index contributed by atoms with van der Waals surface area (Å²) in [6, 6.07) is 7.05. The normalized spacial score (nSPS) is 12.8. The lowest BCUT2D eigenvalue weighted by Crippen LogP contribution is -2.37. The zero-order valence-corrected chi connectivity index (χ0v) is 14.9. The Labute approximate surface area is 134 Å². The van der Waals surface area contributed by atoms with Gasteiger partial charge in [0, 0.05) is 23.5 Å². The zero-order valence-electron chi connectivity index (χ0n) is 12.5. The maximum atomic E-state index is 11.9. The molecule has 1 amide bonds. The molecule has 21 heavy (non-hydrogen) atoms. The summed E-state index contributed by atoms with van der Waals surface area (Å²) in [4.78, 5) is 11.8. The fourth-order valence-corrected chi connectivity index (χ4v) is 2.94. The highest BCUT2D eigenvalue weighted by Crippen LogP contribution is 2.20. The third-order valence-electron chi connectivity index (χ3n) is 3.08. The largest absolute Gasteiger partial charge is 0.354 e. The maximum absolute atomic E-state index is 11.9. The Morgan fingerprint density at radius 2 is 1.90 bits per heavy atom. The molecule has 1 N–H and O–H groups in total. The molecule has 1 unspecified atom stereocenters. The number of carbonyl (C=O) groups is 1. The van der Waals surface area contributed by atoms with Gasteiger partial charge in [0.05, 0.1) is 11.9 Å². The van der Waals surface area contributed by atoms with Crippen LogP contribution in [-0.4, -0.2) is 33.2 Å². The van der Waals surface area contributed by atoms with Gasteiger partial charge in [0.15, 0.2) is 0 Å². The topological polar surface area (TPSA) is 66.5 Å². The standard InChI is InChI=1S/C14H21BrN2O3S/c1-4-11(2)16-14(18)9-10-17(21(3,19)20)13-7-5-12(15)6-8-13/h5-8,11H,4,9-10H2,1-3H3,(H,16,18). The molecule has 1 atom stereocenters. The van der Waals surface area contributed by atoms with Gasteiger partial charge in [-0.15, -0.1) is 0 Å². The van der Waals surface area contributed by atoms with Gasteiger partial charge >= 0.3 is 0 Å². The van der Waals surface area contributed by atoms with Crippen molar-refractivity contribution in [1.29, 1.82) is 0 Å². The predicted octanol–water partition coefficient (Wildman–Crippen LogP) is 2.52. The van der Waals surface area contributed by atoms with Gasteiger partial charge in [-0.05, 0) is 37.6 Å². The van der Waals surface area contributed by atoms with Crippen molar-refractivity contribution in [3.63, 3.8) is 0 Å². The molecule has 7 heteroatoms. The lowest BCUT2D eigenvalue weighted by atomic mass is 10.2. The second kappa shape index (κ2) is 7.79. The molecule has 0 aromatic heterocycles. The molecule has 0 aliphatic rings. The van der Waals surface area contributed by atoms with Gasteiger partial charge in [0.1, 0.15) is 0 Å². The Balaban J connectivity index is 2.77. The number of halogens is 1. The minimum Gasteiger partial charge on any atom is -0.354 e. The first-order chi connectivity index (χ1) is 9.74. The molecule has 0 heterocycles. The second-order valence-corrected chi connectivity index (χ2v) is 7.76. The van der Waals surface area contributed by atoms with Crippen molar-refractivity contribution in [2.75, 3.05) is 17.1 Å². The SMILES string of the molecule is CCC(C)NC(=O)CCN(c1ccc(Br)cc1)S(C)(=O)=O. The van der Waals surface area contributed by atoms with Crippen molar-refractivity contribution in [2.45, 2.75) is 32.7 Å². The molecule has 0 fully saturated rings. The van der Waals surface area contributed by atoms with Gasteiger partial charge in [-0.3, -0.25) is 9.10 Å².